The number of rotatable bonds is 8. The summed E-state index contributed by atoms with van der Waals surface area (Å²) in [6, 6.07) is 87.0. The van der Waals surface area contributed by atoms with E-state index in [1.165, 1.54) is 111 Å². The zero-order chi connectivity index (χ0) is 42.4. The van der Waals surface area contributed by atoms with Crippen molar-refractivity contribution in [3.8, 4) is 66.8 Å². The number of benzene rings is 10. The third-order valence-electron chi connectivity index (χ3n) is 13.4. The number of allylic oxidation sites excluding steroid dienone is 2. The summed E-state index contributed by atoms with van der Waals surface area (Å²) in [5.74, 6) is 0.240. The molecule has 0 aliphatic heterocycles. The van der Waals surface area contributed by atoms with Crippen molar-refractivity contribution in [3.05, 3.63) is 277 Å². The number of hydrogen-bond donors (Lipinski definition) is 0. The Morgan fingerprint density at radius 1 is 0.281 bits per heavy atom. The molecule has 10 aromatic rings. The van der Waals surface area contributed by atoms with Gasteiger partial charge in [0.1, 0.15) is 0 Å². The van der Waals surface area contributed by atoms with Crippen molar-refractivity contribution in [1.29, 1.82) is 0 Å². The molecule has 2 unspecified atom stereocenters. The van der Waals surface area contributed by atoms with Crippen LogP contribution in [-0.2, 0) is 0 Å². The molecule has 2 aliphatic rings. The van der Waals surface area contributed by atoms with Crippen LogP contribution in [0.4, 0.5) is 0 Å². The molecule has 12 rings (SSSR count). The summed E-state index contributed by atoms with van der Waals surface area (Å²) >= 11 is 0. The minimum Gasteiger partial charge on any atom is -0.0754 e. The van der Waals surface area contributed by atoms with Crippen molar-refractivity contribution in [3.63, 3.8) is 0 Å². The standard InChI is InChI=1S/C64H44/c1-5-17-43(18-6-1)47-25-13-29-51(37-47)59-41-60(52-30-14-26-48(38-52)44-19-7-2-8-20-44)56-35-36-58-62(54-32-16-28-50(40-54)46-23-11-4-12-24-46)42-61(57-34-33-55(59)63(56)64(57)58)53-31-15-27-49(39-53)45-21-9-3-10-22-45/h1-42,55,59H. The van der Waals surface area contributed by atoms with Crippen LogP contribution in [-0.4, -0.2) is 0 Å². The summed E-state index contributed by atoms with van der Waals surface area (Å²) in [7, 11) is 0. The monoisotopic (exact) mass is 812 g/mol. The van der Waals surface area contributed by atoms with Crippen LogP contribution in [0.25, 0.3) is 89.2 Å². The van der Waals surface area contributed by atoms with Crippen LogP contribution in [0, 0.1) is 0 Å². The van der Waals surface area contributed by atoms with Crippen molar-refractivity contribution in [2.75, 3.05) is 0 Å². The van der Waals surface area contributed by atoms with E-state index in [0.29, 0.717) is 0 Å². The zero-order valence-electron chi connectivity index (χ0n) is 35.4. The normalized spacial score (nSPS) is 14.9. The van der Waals surface area contributed by atoms with Gasteiger partial charge in [0.2, 0.25) is 0 Å². The summed E-state index contributed by atoms with van der Waals surface area (Å²) in [4.78, 5) is 0. The van der Waals surface area contributed by atoms with E-state index < -0.39 is 0 Å². The van der Waals surface area contributed by atoms with Gasteiger partial charge in [-0.25, -0.2) is 0 Å². The maximum absolute atomic E-state index is 2.57. The molecule has 300 valence electrons. The lowest BCUT2D eigenvalue weighted by Gasteiger charge is -2.36. The van der Waals surface area contributed by atoms with Gasteiger partial charge in [-0.1, -0.05) is 231 Å². The van der Waals surface area contributed by atoms with Crippen molar-refractivity contribution < 1.29 is 0 Å². The van der Waals surface area contributed by atoms with Crippen LogP contribution in [0.3, 0.4) is 0 Å². The maximum Gasteiger partial charge on any atom is 0.0138 e. The molecule has 2 aliphatic carbocycles. The van der Waals surface area contributed by atoms with Crippen LogP contribution in [0.2, 0.25) is 0 Å². The fourth-order valence-corrected chi connectivity index (χ4v) is 10.4. The van der Waals surface area contributed by atoms with Gasteiger partial charge in [0, 0.05) is 11.8 Å². The summed E-state index contributed by atoms with van der Waals surface area (Å²) in [6.07, 6.45) is 7.52. The first kappa shape index (κ1) is 37.7. The predicted octanol–water partition coefficient (Wildman–Crippen LogP) is 17.2. The molecule has 0 spiro atoms. The topological polar surface area (TPSA) is 0 Å². The molecule has 64 heavy (non-hydrogen) atoms. The molecule has 0 aromatic heterocycles. The molecule has 10 aromatic carbocycles. The second kappa shape index (κ2) is 16.0. The summed E-state index contributed by atoms with van der Waals surface area (Å²) in [5.41, 5.74) is 22.6. The highest BCUT2D eigenvalue weighted by Crippen LogP contribution is 2.54. The average Bonchev–Trinajstić information content (AvgIpc) is 3.39. The van der Waals surface area contributed by atoms with Crippen LogP contribution < -0.4 is 0 Å². The van der Waals surface area contributed by atoms with E-state index in [0.717, 1.165) is 0 Å². The van der Waals surface area contributed by atoms with Crippen molar-refractivity contribution in [2.45, 2.75) is 11.8 Å². The Kier molecular flexibility index (Phi) is 9.42. The van der Waals surface area contributed by atoms with Gasteiger partial charge in [0.05, 0.1) is 0 Å². The molecular formula is C64H44. The highest BCUT2D eigenvalue weighted by Gasteiger charge is 2.35. The molecule has 0 amide bonds. The van der Waals surface area contributed by atoms with E-state index in [4.69, 9.17) is 0 Å². The Morgan fingerprint density at radius 2 is 0.719 bits per heavy atom. The van der Waals surface area contributed by atoms with E-state index in [1.54, 1.807) is 0 Å². The lowest BCUT2D eigenvalue weighted by molar-refractivity contribution is 0.732. The Balaban J connectivity index is 1.13. The average molecular weight is 813 g/mol. The molecule has 0 bridgehead atoms. The highest BCUT2D eigenvalue weighted by atomic mass is 14.4. The molecule has 2 atom stereocenters. The number of hydrogen-bond acceptors (Lipinski definition) is 0. The zero-order valence-corrected chi connectivity index (χ0v) is 35.4. The van der Waals surface area contributed by atoms with Crippen molar-refractivity contribution in [2.24, 2.45) is 0 Å². The molecule has 0 saturated carbocycles. The second-order valence-electron chi connectivity index (χ2n) is 17.2. The van der Waals surface area contributed by atoms with Gasteiger partial charge in [0.15, 0.2) is 0 Å². The van der Waals surface area contributed by atoms with Crippen LogP contribution in [0.1, 0.15) is 39.7 Å². The van der Waals surface area contributed by atoms with E-state index in [1.807, 2.05) is 0 Å². The second-order valence-corrected chi connectivity index (χ2v) is 17.2. The summed E-state index contributed by atoms with van der Waals surface area (Å²) < 4.78 is 0. The van der Waals surface area contributed by atoms with Crippen LogP contribution in [0.15, 0.2) is 249 Å². The predicted molar refractivity (Wildman–Crippen MR) is 271 cm³/mol. The minimum atomic E-state index is 0.108. The lowest BCUT2D eigenvalue weighted by Crippen LogP contribution is -2.18. The van der Waals surface area contributed by atoms with Gasteiger partial charge in [0.25, 0.3) is 0 Å². The van der Waals surface area contributed by atoms with Gasteiger partial charge in [-0.05, 0) is 135 Å². The van der Waals surface area contributed by atoms with Gasteiger partial charge < -0.3 is 0 Å². The maximum atomic E-state index is 2.57. The third-order valence-corrected chi connectivity index (χ3v) is 13.4. The van der Waals surface area contributed by atoms with E-state index >= 15 is 0 Å². The van der Waals surface area contributed by atoms with Gasteiger partial charge in [-0.3, -0.25) is 0 Å². The first-order valence-electron chi connectivity index (χ1n) is 22.4. The molecule has 0 N–H and O–H groups in total. The Bertz CT molecular complexity index is 3410. The van der Waals surface area contributed by atoms with E-state index in [9.17, 15) is 0 Å². The van der Waals surface area contributed by atoms with E-state index in [2.05, 4.69) is 255 Å². The van der Waals surface area contributed by atoms with Crippen molar-refractivity contribution in [1.82, 2.24) is 0 Å². The Hall–Kier alpha value is -8.06. The Morgan fingerprint density at radius 3 is 1.27 bits per heavy atom. The molecule has 0 fully saturated rings. The minimum absolute atomic E-state index is 0.108. The molecule has 0 nitrogen and oxygen atoms in total. The van der Waals surface area contributed by atoms with Crippen molar-refractivity contribution >= 4 is 22.4 Å². The van der Waals surface area contributed by atoms with Gasteiger partial charge >= 0.3 is 0 Å². The largest absolute Gasteiger partial charge is 0.0754 e. The Labute approximate surface area is 375 Å². The summed E-state index contributed by atoms with van der Waals surface area (Å²) in [6.45, 7) is 0. The third kappa shape index (κ3) is 6.72. The fraction of sp³-hybridized carbons (Fsp3) is 0.0312. The van der Waals surface area contributed by atoms with Crippen LogP contribution in [0.5, 0.6) is 0 Å². The van der Waals surface area contributed by atoms with Crippen LogP contribution >= 0.6 is 0 Å². The molecule has 0 heteroatoms. The van der Waals surface area contributed by atoms with Gasteiger partial charge in [-0.15, -0.1) is 0 Å². The first-order chi connectivity index (χ1) is 31.7. The molecular weight excluding hydrogens is 769 g/mol. The molecule has 0 saturated heterocycles. The quantitative estimate of drug-likeness (QED) is 0.143. The molecule has 0 radical (unpaired) electrons. The summed E-state index contributed by atoms with van der Waals surface area (Å²) in [5, 5.41) is 2.63. The fourth-order valence-electron chi connectivity index (χ4n) is 10.4. The molecule has 0 heterocycles. The van der Waals surface area contributed by atoms with Gasteiger partial charge in [-0.2, -0.15) is 0 Å². The highest BCUT2D eigenvalue weighted by molar-refractivity contribution is 6.11. The van der Waals surface area contributed by atoms with E-state index in [-0.39, 0.29) is 11.8 Å². The lowest BCUT2D eigenvalue weighted by atomic mass is 9.67. The SMILES string of the molecule is C1=CC2c3c(ccc4c(-c5cccc(-c6ccccc6)c5)cc(-c5cccc(-c6ccccc6)c5)c1c34)C(c1cccc(-c3ccccc3)c1)=CC2c1cccc(-c2ccccc2)c1. The smallest absolute Gasteiger partial charge is 0.0138 e. The first-order valence-corrected chi connectivity index (χ1v) is 22.4.